The first-order valence-electron chi connectivity index (χ1n) is 5.10. The van der Waals surface area contributed by atoms with Crippen LogP contribution >= 0.6 is 11.6 Å². The fourth-order valence-electron chi connectivity index (χ4n) is 1.07. The Morgan fingerprint density at radius 1 is 1.31 bits per heavy atom. The SMILES string of the molecule is CC(C)(CO)COB(O)c1ccc(Cl)cc1. The molecular weight excluding hydrogens is 226 g/mol. The Balaban J connectivity index is 2.53. The maximum atomic E-state index is 9.72. The lowest BCUT2D eigenvalue weighted by Gasteiger charge is -2.22. The van der Waals surface area contributed by atoms with Crippen molar-refractivity contribution in [2.24, 2.45) is 5.41 Å². The van der Waals surface area contributed by atoms with E-state index in [0.29, 0.717) is 10.5 Å². The highest BCUT2D eigenvalue weighted by atomic mass is 35.5. The maximum Gasteiger partial charge on any atom is 0.491 e. The third-order valence-corrected chi connectivity index (χ3v) is 2.47. The molecule has 88 valence electrons. The fraction of sp³-hybridized carbons (Fsp3) is 0.455. The Hall–Kier alpha value is -0.545. The number of rotatable bonds is 5. The summed E-state index contributed by atoms with van der Waals surface area (Å²) in [6.45, 7) is 4.02. The van der Waals surface area contributed by atoms with Gasteiger partial charge in [0.05, 0.1) is 6.61 Å². The molecule has 0 bridgehead atoms. The van der Waals surface area contributed by atoms with E-state index in [4.69, 9.17) is 21.4 Å². The molecule has 0 aliphatic heterocycles. The number of hydrogen-bond donors (Lipinski definition) is 2. The average molecular weight is 243 g/mol. The molecule has 5 heteroatoms. The summed E-state index contributed by atoms with van der Waals surface area (Å²) in [6.07, 6.45) is 0. The number of benzene rings is 1. The monoisotopic (exact) mass is 242 g/mol. The van der Waals surface area contributed by atoms with Gasteiger partial charge in [-0.2, -0.15) is 0 Å². The number of hydrogen-bond acceptors (Lipinski definition) is 3. The van der Waals surface area contributed by atoms with E-state index >= 15 is 0 Å². The third-order valence-electron chi connectivity index (χ3n) is 2.22. The van der Waals surface area contributed by atoms with Gasteiger partial charge in [0.15, 0.2) is 0 Å². The molecule has 0 heterocycles. The molecule has 0 radical (unpaired) electrons. The molecule has 0 amide bonds. The smallest absolute Gasteiger partial charge is 0.423 e. The van der Waals surface area contributed by atoms with Gasteiger partial charge in [0, 0.05) is 17.0 Å². The topological polar surface area (TPSA) is 49.7 Å². The first-order valence-corrected chi connectivity index (χ1v) is 5.48. The zero-order valence-corrected chi connectivity index (χ0v) is 10.2. The molecule has 16 heavy (non-hydrogen) atoms. The molecule has 0 aliphatic carbocycles. The Morgan fingerprint density at radius 3 is 2.38 bits per heavy atom. The molecule has 0 aliphatic rings. The molecule has 1 aromatic rings. The average Bonchev–Trinajstić information content (AvgIpc) is 2.27. The molecule has 1 aromatic carbocycles. The quantitative estimate of drug-likeness (QED) is 0.759. The largest absolute Gasteiger partial charge is 0.491 e. The van der Waals surface area contributed by atoms with Crippen LogP contribution in [0.5, 0.6) is 0 Å². The van der Waals surface area contributed by atoms with E-state index in [1.54, 1.807) is 24.3 Å². The van der Waals surface area contributed by atoms with E-state index in [1.165, 1.54) is 0 Å². The second-order valence-corrected chi connectivity index (χ2v) is 4.97. The minimum absolute atomic E-state index is 0.0142. The van der Waals surface area contributed by atoms with Crippen molar-refractivity contribution >= 4 is 24.2 Å². The van der Waals surface area contributed by atoms with Gasteiger partial charge < -0.3 is 14.8 Å². The Morgan fingerprint density at radius 2 is 1.88 bits per heavy atom. The summed E-state index contributed by atoms with van der Waals surface area (Å²) in [5, 5.41) is 19.4. The van der Waals surface area contributed by atoms with Gasteiger partial charge in [0.25, 0.3) is 0 Å². The second-order valence-electron chi connectivity index (χ2n) is 4.54. The minimum atomic E-state index is -0.983. The third kappa shape index (κ3) is 4.14. The highest BCUT2D eigenvalue weighted by Crippen LogP contribution is 2.14. The number of aliphatic hydroxyl groups is 1. The molecule has 0 unspecified atom stereocenters. The standard InChI is InChI=1S/C11H16BClO3/c1-11(2,7-14)8-16-12(15)9-3-5-10(13)6-4-9/h3-6,14-15H,7-8H2,1-2H3. The van der Waals surface area contributed by atoms with Crippen LogP contribution in [-0.4, -0.2) is 30.5 Å². The summed E-state index contributed by atoms with van der Waals surface area (Å²) in [5.41, 5.74) is 0.297. The van der Waals surface area contributed by atoms with Gasteiger partial charge in [-0.15, -0.1) is 0 Å². The molecule has 0 saturated carbocycles. The van der Waals surface area contributed by atoms with Gasteiger partial charge in [-0.1, -0.05) is 37.6 Å². The normalized spacial score (nSPS) is 11.6. The van der Waals surface area contributed by atoms with Crippen LogP contribution in [0.4, 0.5) is 0 Å². The first kappa shape index (κ1) is 13.5. The van der Waals surface area contributed by atoms with Gasteiger partial charge in [-0.25, -0.2) is 0 Å². The highest BCUT2D eigenvalue weighted by Gasteiger charge is 2.22. The van der Waals surface area contributed by atoms with E-state index < -0.39 is 7.12 Å². The number of halogens is 1. The van der Waals surface area contributed by atoms with E-state index in [-0.39, 0.29) is 18.6 Å². The van der Waals surface area contributed by atoms with Gasteiger partial charge >= 0.3 is 7.12 Å². The predicted octanol–water partition coefficient (Wildman–Crippen LogP) is 1.06. The summed E-state index contributed by atoms with van der Waals surface area (Å²) in [5.74, 6) is 0. The zero-order chi connectivity index (χ0) is 12.2. The van der Waals surface area contributed by atoms with E-state index in [1.807, 2.05) is 13.8 Å². The first-order chi connectivity index (χ1) is 7.44. The molecule has 0 spiro atoms. The maximum absolute atomic E-state index is 9.72. The molecule has 0 aromatic heterocycles. The van der Waals surface area contributed by atoms with Crippen LogP contribution in [0.3, 0.4) is 0 Å². The summed E-state index contributed by atoms with van der Waals surface area (Å²) < 4.78 is 5.28. The van der Waals surface area contributed by atoms with Crippen LogP contribution in [0.15, 0.2) is 24.3 Å². The Labute approximate surface area is 101 Å². The fourth-order valence-corrected chi connectivity index (χ4v) is 1.20. The lowest BCUT2D eigenvalue weighted by atomic mass is 9.79. The zero-order valence-electron chi connectivity index (χ0n) is 9.48. The van der Waals surface area contributed by atoms with E-state index in [0.717, 1.165) is 0 Å². The van der Waals surface area contributed by atoms with Crippen molar-refractivity contribution in [1.82, 2.24) is 0 Å². The summed E-state index contributed by atoms with van der Waals surface area (Å²) in [4.78, 5) is 0. The van der Waals surface area contributed by atoms with E-state index in [9.17, 15) is 5.02 Å². The van der Waals surface area contributed by atoms with Gasteiger partial charge in [-0.05, 0) is 17.6 Å². The molecule has 0 fully saturated rings. The summed E-state index contributed by atoms with van der Waals surface area (Å²) >= 11 is 5.73. The van der Waals surface area contributed by atoms with Crippen molar-refractivity contribution < 1.29 is 14.8 Å². The lowest BCUT2D eigenvalue weighted by molar-refractivity contribution is 0.0886. The van der Waals surface area contributed by atoms with Crippen molar-refractivity contribution in [1.29, 1.82) is 0 Å². The van der Waals surface area contributed by atoms with Crippen LogP contribution < -0.4 is 5.46 Å². The second kappa shape index (κ2) is 5.68. The van der Waals surface area contributed by atoms with Gasteiger partial charge in [0.2, 0.25) is 0 Å². The van der Waals surface area contributed by atoms with Crippen molar-refractivity contribution in [2.75, 3.05) is 13.2 Å². The number of aliphatic hydroxyl groups excluding tert-OH is 1. The Bertz CT molecular complexity index is 327. The summed E-state index contributed by atoms with van der Waals surface area (Å²) in [6, 6.07) is 6.80. The van der Waals surface area contributed by atoms with Crippen LogP contribution in [0.2, 0.25) is 5.02 Å². The lowest BCUT2D eigenvalue weighted by Crippen LogP contribution is -2.37. The van der Waals surface area contributed by atoms with Gasteiger partial charge in [-0.3, -0.25) is 0 Å². The van der Waals surface area contributed by atoms with Gasteiger partial charge in [0.1, 0.15) is 0 Å². The van der Waals surface area contributed by atoms with Crippen LogP contribution in [0.1, 0.15) is 13.8 Å². The molecule has 1 rings (SSSR count). The van der Waals surface area contributed by atoms with Crippen molar-refractivity contribution in [3.8, 4) is 0 Å². The van der Waals surface area contributed by atoms with Crippen molar-refractivity contribution in [2.45, 2.75) is 13.8 Å². The van der Waals surface area contributed by atoms with Crippen molar-refractivity contribution in [3.63, 3.8) is 0 Å². The molecule has 0 saturated heterocycles. The van der Waals surface area contributed by atoms with Crippen molar-refractivity contribution in [3.05, 3.63) is 29.3 Å². The molecular formula is C11H16BClO3. The minimum Gasteiger partial charge on any atom is -0.423 e. The predicted molar refractivity (Wildman–Crippen MR) is 65.9 cm³/mol. The Kier molecular flexibility index (Phi) is 4.80. The van der Waals surface area contributed by atoms with Crippen LogP contribution in [0.25, 0.3) is 0 Å². The van der Waals surface area contributed by atoms with E-state index in [2.05, 4.69) is 0 Å². The summed E-state index contributed by atoms with van der Waals surface area (Å²) in [7, 11) is -0.983. The molecule has 0 atom stereocenters. The molecule has 3 nitrogen and oxygen atoms in total. The van der Waals surface area contributed by atoms with Crippen LogP contribution in [0, 0.1) is 5.41 Å². The molecule has 2 N–H and O–H groups in total. The highest BCUT2D eigenvalue weighted by molar-refractivity contribution is 6.60. The van der Waals surface area contributed by atoms with Crippen LogP contribution in [-0.2, 0) is 4.65 Å².